The molecule has 0 unspecified atom stereocenters. The van der Waals surface area contributed by atoms with Crippen molar-refractivity contribution in [1.29, 1.82) is 0 Å². The van der Waals surface area contributed by atoms with Crippen molar-refractivity contribution < 1.29 is 4.79 Å². The van der Waals surface area contributed by atoms with E-state index in [1.807, 2.05) is 48.5 Å². The molecule has 21 heavy (non-hydrogen) atoms. The number of amides is 1. The number of hydrogen-bond donors (Lipinski definition) is 0. The molecule has 0 aromatic heterocycles. The van der Waals surface area contributed by atoms with E-state index in [-0.39, 0.29) is 5.91 Å². The van der Waals surface area contributed by atoms with Crippen molar-refractivity contribution in [2.45, 2.75) is 6.54 Å². The molecule has 0 spiro atoms. The van der Waals surface area contributed by atoms with Crippen LogP contribution in [-0.2, 0) is 6.54 Å². The van der Waals surface area contributed by atoms with Gasteiger partial charge in [-0.25, -0.2) is 0 Å². The van der Waals surface area contributed by atoms with Crippen LogP contribution in [-0.4, -0.2) is 23.2 Å². The molecular formula is C16H14Br2ClNO. The van der Waals surface area contributed by atoms with Gasteiger partial charge < -0.3 is 4.90 Å². The largest absolute Gasteiger partial charge is 0.333 e. The van der Waals surface area contributed by atoms with Crippen LogP contribution in [0.3, 0.4) is 0 Å². The van der Waals surface area contributed by atoms with Crippen molar-refractivity contribution in [3.63, 3.8) is 0 Å². The number of rotatable bonds is 5. The predicted octanol–water partition coefficient (Wildman–Crippen LogP) is 5.09. The normalized spacial score (nSPS) is 10.4. The highest BCUT2D eigenvalue weighted by Crippen LogP contribution is 2.23. The maximum absolute atomic E-state index is 12.7. The van der Waals surface area contributed by atoms with Crippen LogP contribution in [0.1, 0.15) is 15.9 Å². The molecule has 2 nitrogen and oxygen atoms in total. The number of nitrogens with zero attached hydrogens (tertiary/aromatic N) is 1. The van der Waals surface area contributed by atoms with Gasteiger partial charge in [0.05, 0.1) is 5.56 Å². The van der Waals surface area contributed by atoms with E-state index in [4.69, 9.17) is 11.6 Å². The molecule has 0 atom stereocenters. The lowest BCUT2D eigenvalue weighted by Crippen LogP contribution is -2.32. The highest BCUT2D eigenvalue weighted by Gasteiger charge is 2.18. The zero-order valence-electron chi connectivity index (χ0n) is 11.2. The van der Waals surface area contributed by atoms with Crippen LogP contribution in [0, 0.1) is 0 Å². The number of carbonyl (C=O) groups is 1. The number of carbonyl (C=O) groups excluding carboxylic acids is 1. The molecule has 0 fully saturated rings. The molecule has 0 N–H and O–H groups in total. The van der Waals surface area contributed by atoms with Gasteiger partial charge in [0.2, 0.25) is 0 Å². The average Bonchev–Trinajstić information content (AvgIpc) is 2.47. The smallest absolute Gasteiger partial charge is 0.255 e. The first-order valence-corrected chi connectivity index (χ1v) is 8.58. The number of alkyl halides is 1. The van der Waals surface area contributed by atoms with Gasteiger partial charge in [-0.15, -0.1) is 11.6 Å². The highest BCUT2D eigenvalue weighted by atomic mass is 79.9. The maximum atomic E-state index is 12.7. The molecule has 0 saturated heterocycles. The van der Waals surface area contributed by atoms with E-state index in [0.717, 1.165) is 14.5 Å². The molecule has 5 heteroatoms. The molecular weight excluding hydrogens is 417 g/mol. The minimum Gasteiger partial charge on any atom is -0.333 e. The second-order valence-electron chi connectivity index (χ2n) is 4.53. The molecule has 2 aromatic carbocycles. The van der Waals surface area contributed by atoms with Gasteiger partial charge >= 0.3 is 0 Å². The van der Waals surface area contributed by atoms with Gasteiger partial charge in [-0.1, -0.05) is 46.3 Å². The Kier molecular flexibility index (Phi) is 6.27. The summed E-state index contributed by atoms with van der Waals surface area (Å²) >= 11 is 12.7. The van der Waals surface area contributed by atoms with Crippen LogP contribution in [0.4, 0.5) is 0 Å². The van der Waals surface area contributed by atoms with Crippen molar-refractivity contribution in [1.82, 2.24) is 4.90 Å². The third-order valence-corrected chi connectivity index (χ3v) is 4.34. The van der Waals surface area contributed by atoms with Crippen molar-refractivity contribution in [3.05, 3.63) is 68.6 Å². The molecule has 0 aliphatic rings. The molecule has 0 heterocycles. The third kappa shape index (κ3) is 4.56. The summed E-state index contributed by atoms with van der Waals surface area (Å²) in [5.41, 5.74) is 1.73. The molecule has 2 rings (SSSR count). The maximum Gasteiger partial charge on any atom is 0.255 e. The molecule has 110 valence electrons. The van der Waals surface area contributed by atoms with E-state index in [9.17, 15) is 4.79 Å². The molecule has 0 saturated carbocycles. The van der Waals surface area contributed by atoms with Gasteiger partial charge in [0.15, 0.2) is 0 Å². The minimum atomic E-state index is -0.0288. The van der Waals surface area contributed by atoms with Crippen LogP contribution < -0.4 is 0 Å². The van der Waals surface area contributed by atoms with Gasteiger partial charge in [0.1, 0.15) is 0 Å². The Morgan fingerprint density at radius 1 is 1.10 bits per heavy atom. The Morgan fingerprint density at radius 2 is 1.81 bits per heavy atom. The first-order valence-electron chi connectivity index (χ1n) is 6.46. The monoisotopic (exact) mass is 429 g/mol. The minimum absolute atomic E-state index is 0.0288. The Balaban J connectivity index is 2.23. The molecule has 0 aliphatic heterocycles. The number of benzene rings is 2. The van der Waals surface area contributed by atoms with Gasteiger partial charge in [0, 0.05) is 27.9 Å². The summed E-state index contributed by atoms with van der Waals surface area (Å²) in [5, 5.41) is 0. The van der Waals surface area contributed by atoms with Crippen LogP contribution in [0.25, 0.3) is 0 Å². The first-order chi connectivity index (χ1) is 10.1. The third-order valence-electron chi connectivity index (χ3n) is 3.02. The van der Waals surface area contributed by atoms with Crippen LogP contribution in [0.2, 0.25) is 0 Å². The second kappa shape index (κ2) is 7.97. The standard InChI is InChI=1S/C16H14Br2ClNO/c17-13-6-7-14(15(18)10-13)16(21)20(9-8-19)11-12-4-2-1-3-5-12/h1-7,10H,8-9,11H2. The first kappa shape index (κ1) is 16.5. The fourth-order valence-electron chi connectivity index (χ4n) is 1.99. The van der Waals surface area contributed by atoms with Crippen LogP contribution >= 0.6 is 43.5 Å². The Morgan fingerprint density at radius 3 is 2.43 bits per heavy atom. The zero-order chi connectivity index (χ0) is 15.2. The summed E-state index contributed by atoms with van der Waals surface area (Å²) in [6.45, 7) is 1.06. The van der Waals surface area contributed by atoms with Gasteiger partial charge in [-0.05, 0) is 39.7 Å². The zero-order valence-corrected chi connectivity index (χ0v) is 15.2. The second-order valence-corrected chi connectivity index (χ2v) is 6.67. The van der Waals surface area contributed by atoms with Gasteiger partial charge in [-0.3, -0.25) is 4.79 Å². The van der Waals surface area contributed by atoms with Crippen molar-refractivity contribution >= 4 is 49.4 Å². The summed E-state index contributed by atoms with van der Waals surface area (Å²) in [6.07, 6.45) is 0. The number of halogens is 3. The fraction of sp³-hybridized carbons (Fsp3) is 0.188. The van der Waals surface area contributed by atoms with Crippen molar-refractivity contribution in [2.75, 3.05) is 12.4 Å². The summed E-state index contributed by atoms with van der Waals surface area (Å²) in [4.78, 5) is 14.5. The van der Waals surface area contributed by atoms with Gasteiger partial charge in [0.25, 0.3) is 5.91 Å². The summed E-state index contributed by atoms with van der Waals surface area (Å²) in [5.74, 6) is 0.381. The lowest BCUT2D eigenvalue weighted by molar-refractivity contribution is 0.0753. The van der Waals surface area contributed by atoms with E-state index in [0.29, 0.717) is 24.5 Å². The molecule has 2 aromatic rings. The Hall–Kier alpha value is -0.840. The van der Waals surface area contributed by atoms with Crippen LogP contribution in [0.5, 0.6) is 0 Å². The Labute approximate surface area is 146 Å². The van der Waals surface area contributed by atoms with Crippen molar-refractivity contribution in [2.24, 2.45) is 0 Å². The molecule has 0 aliphatic carbocycles. The fourth-order valence-corrected chi connectivity index (χ4v) is 3.41. The van der Waals surface area contributed by atoms with Crippen molar-refractivity contribution in [3.8, 4) is 0 Å². The Bertz CT molecular complexity index is 619. The quantitative estimate of drug-likeness (QED) is 0.604. The molecule has 1 amide bonds. The van der Waals surface area contributed by atoms with Crippen LogP contribution in [0.15, 0.2) is 57.5 Å². The topological polar surface area (TPSA) is 20.3 Å². The SMILES string of the molecule is O=C(c1ccc(Br)cc1Br)N(CCCl)Cc1ccccc1. The van der Waals surface area contributed by atoms with E-state index in [1.54, 1.807) is 4.90 Å². The van der Waals surface area contributed by atoms with E-state index in [2.05, 4.69) is 31.9 Å². The number of hydrogen-bond acceptors (Lipinski definition) is 1. The predicted molar refractivity (Wildman–Crippen MR) is 93.7 cm³/mol. The van der Waals surface area contributed by atoms with E-state index < -0.39 is 0 Å². The summed E-state index contributed by atoms with van der Waals surface area (Å²) in [7, 11) is 0. The molecule has 0 radical (unpaired) electrons. The van der Waals surface area contributed by atoms with E-state index >= 15 is 0 Å². The van der Waals surface area contributed by atoms with E-state index in [1.165, 1.54) is 0 Å². The molecule has 0 bridgehead atoms. The summed E-state index contributed by atoms with van der Waals surface area (Å²) < 4.78 is 1.70. The average molecular weight is 432 g/mol. The van der Waals surface area contributed by atoms with Gasteiger partial charge in [-0.2, -0.15) is 0 Å². The summed E-state index contributed by atoms with van der Waals surface area (Å²) in [6, 6.07) is 15.4. The highest BCUT2D eigenvalue weighted by molar-refractivity contribution is 9.11. The lowest BCUT2D eigenvalue weighted by Gasteiger charge is -2.22. The lowest BCUT2D eigenvalue weighted by atomic mass is 10.1.